The molecule has 0 bridgehead atoms. The highest BCUT2D eigenvalue weighted by Gasteiger charge is 2.55. The number of piperidine rings is 2. The van der Waals surface area contributed by atoms with Gasteiger partial charge in [0.25, 0.3) is 5.92 Å². The Balaban J connectivity index is 1.52. The second-order valence-electron chi connectivity index (χ2n) is 8.76. The molecule has 1 aromatic heterocycles. The van der Waals surface area contributed by atoms with E-state index < -0.39 is 11.3 Å². The number of alkyl halides is 2. The fourth-order valence-corrected chi connectivity index (χ4v) is 5.03. The third-order valence-electron chi connectivity index (χ3n) is 6.11. The summed E-state index contributed by atoms with van der Waals surface area (Å²) in [6, 6.07) is 5.71. The van der Waals surface area contributed by atoms with Gasteiger partial charge in [0, 0.05) is 31.7 Å². The number of aryl methyl sites for hydroxylation is 1. The minimum absolute atomic E-state index is 0.148. The summed E-state index contributed by atoms with van der Waals surface area (Å²) in [6.45, 7) is 4.61. The van der Waals surface area contributed by atoms with Crippen molar-refractivity contribution in [3.05, 3.63) is 41.2 Å². The van der Waals surface area contributed by atoms with Crippen molar-refractivity contribution in [2.24, 2.45) is 5.41 Å². The van der Waals surface area contributed by atoms with Crippen LogP contribution in [-0.2, 0) is 16.1 Å². The topological polar surface area (TPSA) is 45.7 Å². The van der Waals surface area contributed by atoms with Gasteiger partial charge in [0.15, 0.2) is 0 Å². The molecule has 3 aliphatic rings. The van der Waals surface area contributed by atoms with Crippen molar-refractivity contribution in [3.63, 3.8) is 0 Å². The number of ether oxygens (including phenoxy) is 1. The van der Waals surface area contributed by atoms with Crippen LogP contribution < -0.4 is 0 Å². The molecule has 0 saturated carbocycles. The summed E-state index contributed by atoms with van der Waals surface area (Å²) >= 11 is 0. The molecule has 1 atom stereocenters. The Morgan fingerprint density at radius 3 is 2.86 bits per heavy atom. The SMILES string of the molecule is Cc1cccc(CN2CCC[C@]3(CN(CC4=CCCOC4)CC(F)(F)C3)C2=O)n1. The van der Waals surface area contributed by atoms with E-state index in [1.54, 1.807) is 9.80 Å². The number of halogens is 2. The molecule has 5 nitrogen and oxygen atoms in total. The first-order chi connectivity index (χ1) is 13.9. The Labute approximate surface area is 170 Å². The first-order valence-electron chi connectivity index (χ1n) is 10.4. The number of nitrogens with zero attached hydrogens (tertiary/aromatic N) is 3. The predicted octanol–water partition coefficient (Wildman–Crippen LogP) is 3.19. The molecule has 1 aromatic rings. The Bertz CT molecular complexity index is 798. The van der Waals surface area contributed by atoms with Crippen LogP contribution in [0.25, 0.3) is 0 Å². The second-order valence-corrected chi connectivity index (χ2v) is 8.76. The summed E-state index contributed by atoms with van der Waals surface area (Å²) in [7, 11) is 0. The number of hydrogen-bond acceptors (Lipinski definition) is 4. The van der Waals surface area contributed by atoms with Crippen molar-refractivity contribution in [2.45, 2.75) is 45.1 Å². The molecule has 0 aliphatic carbocycles. The average Bonchev–Trinajstić information content (AvgIpc) is 2.65. The summed E-state index contributed by atoms with van der Waals surface area (Å²) in [5.41, 5.74) is 1.72. The van der Waals surface area contributed by atoms with Crippen LogP contribution in [0.5, 0.6) is 0 Å². The van der Waals surface area contributed by atoms with E-state index in [0.717, 1.165) is 29.8 Å². The highest BCUT2D eigenvalue weighted by molar-refractivity contribution is 5.84. The number of amides is 1. The molecule has 29 heavy (non-hydrogen) atoms. The van der Waals surface area contributed by atoms with E-state index in [9.17, 15) is 13.6 Å². The molecule has 4 rings (SSSR count). The molecule has 0 radical (unpaired) electrons. The third-order valence-corrected chi connectivity index (χ3v) is 6.11. The van der Waals surface area contributed by atoms with Crippen LogP contribution in [0.3, 0.4) is 0 Å². The fraction of sp³-hybridized carbons (Fsp3) is 0.636. The lowest BCUT2D eigenvalue weighted by Crippen LogP contribution is -2.61. The number of hydrogen-bond donors (Lipinski definition) is 0. The first-order valence-corrected chi connectivity index (χ1v) is 10.4. The van der Waals surface area contributed by atoms with Gasteiger partial charge in [0.1, 0.15) is 0 Å². The van der Waals surface area contributed by atoms with Gasteiger partial charge < -0.3 is 9.64 Å². The van der Waals surface area contributed by atoms with Gasteiger partial charge in [-0.05, 0) is 43.9 Å². The van der Waals surface area contributed by atoms with Gasteiger partial charge in [-0.1, -0.05) is 12.1 Å². The molecule has 7 heteroatoms. The van der Waals surface area contributed by atoms with E-state index >= 15 is 0 Å². The molecule has 1 spiro atoms. The van der Waals surface area contributed by atoms with Gasteiger partial charge in [-0.25, -0.2) is 8.78 Å². The average molecular weight is 405 g/mol. The predicted molar refractivity (Wildman–Crippen MR) is 106 cm³/mol. The third kappa shape index (κ3) is 4.67. The molecule has 0 unspecified atom stereocenters. The van der Waals surface area contributed by atoms with Crippen molar-refractivity contribution >= 4 is 5.91 Å². The highest BCUT2D eigenvalue weighted by atomic mass is 19.3. The van der Waals surface area contributed by atoms with Crippen LogP contribution in [0.2, 0.25) is 0 Å². The number of aromatic nitrogens is 1. The highest BCUT2D eigenvalue weighted by Crippen LogP contribution is 2.45. The Morgan fingerprint density at radius 2 is 2.10 bits per heavy atom. The van der Waals surface area contributed by atoms with Crippen molar-refractivity contribution in [3.8, 4) is 0 Å². The molecule has 4 heterocycles. The molecule has 2 fully saturated rings. The van der Waals surface area contributed by atoms with Gasteiger partial charge in [-0.2, -0.15) is 0 Å². The molecule has 1 amide bonds. The Hall–Kier alpha value is -1.86. The molecule has 0 N–H and O–H groups in total. The zero-order valence-corrected chi connectivity index (χ0v) is 17.0. The van der Waals surface area contributed by atoms with Gasteiger partial charge in [-0.15, -0.1) is 0 Å². The van der Waals surface area contributed by atoms with Crippen LogP contribution in [0.15, 0.2) is 29.8 Å². The van der Waals surface area contributed by atoms with Crippen LogP contribution in [0, 0.1) is 12.3 Å². The zero-order valence-electron chi connectivity index (χ0n) is 17.0. The summed E-state index contributed by atoms with van der Waals surface area (Å²) < 4.78 is 34.9. The maximum Gasteiger partial charge on any atom is 0.261 e. The summed E-state index contributed by atoms with van der Waals surface area (Å²) in [4.78, 5) is 21.4. The zero-order chi connectivity index (χ0) is 20.5. The largest absolute Gasteiger partial charge is 0.377 e. The molecular weight excluding hydrogens is 376 g/mol. The van der Waals surface area contributed by atoms with Crippen LogP contribution >= 0.6 is 0 Å². The minimum Gasteiger partial charge on any atom is -0.377 e. The van der Waals surface area contributed by atoms with Crippen LogP contribution in [0.4, 0.5) is 8.78 Å². The quantitative estimate of drug-likeness (QED) is 0.722. The number of carbonyl (C=O) groups is 1. The van der Waals surface area contributed by atoms with E-state index in [2.05, 4.69) is 11.1 Å². The fourth-order valence-electron chi connectivity index (χ4n) is 5.03. The Kier molecular flexibility index (Phi) is 5.71. The number of pyridine rings is 1. The van der Waals surface area contributed by atoms with Crippen LogP contribution in [-0.4, -0.2) is 66.0 Å². The molecule has 2 saturated heterocycles. The number of likely N-dealkylation sites (tertiary alicyclic amines) is 2. The minimum atomic E-state index is -2.87. The maximum atomic E-state index is 14.7. The van der Waals surface area contributed by atoms with E-state index in [1.807, 2.05) is 25.1 Å². The van der Waals surface area contributed by atoms with Gasteiger partial charge in [-0.3, -0.25) is 14.7 Å². The molecule has 158 valence electrons. The lowest BCUT2D eigenvalue weighted by atomic mass is 9.71. The van der Waals surface area contributed by atoms with Crippen molar-refractivity contribution in [1.82, 2.24) is 14.8 Å². The lowest BCUT2D eigenvalue weighted by molar-refractivity contribution is -0.169. The van der Waals surface area contributed by atoms with E-state index in [-0.39, 0.29) is 18.9 Å². The van der Waals surface area contributed by atoms with Crippen molar-refractivity contribution in [2.75, 3.05) is 39.4 Å². The standard InChI is InChI=1S/C22H29F2N3O2/c1-17-5-2-7-19(25-17)12-27-9-4-8-21(20(27)28)14-22(23,24)16-26(15-21)11-18-6-3-10-29-13-18/h2,5-7H,3-4,8-16H2,1H3/t21-/m0/s1. The second kappa shape index (κ2) is 8.11. The summed E-state index contributed by atoms with van der Waals surface area (Å²) in [5.74, 6) is -3.01. The Morgan fingerprint density at radius 1 is 1.24 bits per heavy atom. The summed E-state index contributed by atoms with van der Waals surface area (Å²) in [6.07, 6.45) is 3.81. The smallest absolute Gasteiger partial charge is 0.261 e. The number of rotatable bonds is 4. The summed E-state index contributed by atoms with van der Waals surface area (Å²) in [5, 5.41) is 0. The normalized spacial score (nSPS) is 27.9. The van der Waals surface area contributed by atoms with Gasteiger partial charge >= 0.3 is 0 Å². The molecule has 3 aliphatic heterocycles. The van der Waals surface area contributed by atoms with E-state index in [1.165, 1.54) is 0 Å². The van der Waals surface area contributed by atoms with Gasteiger partial charge in [0.05, 0.1) is 37.4 Å². The van der Waals surface area contributed by atoms with E-state index in [0.29, 0.717) is 45.8 Å². The lowest BCUT2D eigenvalue weighted by Gasteiger charge is -2.49. The van der Waals surface area contributed by atoms with Crippen LogP contribution in [0.1, 0.15) is 37.1 Å². The van der Waals surface area contributed by atoms with Crippen molar-refractivity contribution in [1.29, 1.82) is 0 Å². The van der Waals surface area contributed by atoms with Crippen molar-refractivity contribution < 1.29 is 18.3 Å². The van der Waals surface area contributed by atoms with Gasteiger partial charge in [0.2, 0.25) is 5.91 Å². The molecule has 0 aromatic carbocycles. The maximum absolute atomic E-state index is 14.7. The first kappa shape index (κ1) is 20.4. The van der Waals surface area contributed by atoms with E-state index in [4.69, 9.17) is 4.74 Å². The molecular formula is C22H29F2N3O2. The number of carbonyl (C=O) groups excluding carboxylic acids is 1. The monoisotopic (exact) mass is 405 g/mol.